The van der Waals surface area contributed by atoms with Crippen molar-refractivity contribution in [2.45, 2.75) is 28.2 Å². The fraction of sp³-hybridized carbons (Fsp3) is 0.176. The second-order valence-electron chi connectivity index (χ2n) is 6.25. The number of fused-ring (bicyclic) bond motifs is 2. The number of nitrogens with zero attached hydrogens (tertiary/aromatic N) is 4. The molecule has 130 valence electrons. The Bertz CT molecular complexity index is 1210. The summed E-state index contributed by atoms with van der Waals surface area (Å²) in [5.41, 5.74) is 5.73. The van der Waals surface area contributed by atoms with Gasteiger partial charge in [0.05, 0.1) is 16.4 Å². The standard InChI is InChI=1S/C17H13N5O2S2/c18-14(23)17(4-5-17)15-21-11-3-2-10(8-12(11)25-15)26(24)13-9-20-16-19-6-1-7-22(13)16/h1-3,6-9H,4-5H2,(H2,18,23). The maximum Gasteiger partial charge on any atom is 0.234 e. The Morgan fingerprint density at radius 2 is 2.15 bits per heavy atom. The first-order valence-electron chi connectivity index (χ1n) is 7.99. The Labute approximate surface area is 154 Å². The molecule has 1 amide bonds. The quantitative estimate of drug-likeness (QED) is 0.581. The van der Waals surface area contributed by atoms with Gasteiger partial charge in [-0.05, 0) is 37.1 Å². The molecular weight excluding hydrogens is 370 g/mol. The molecule has 0 bridgehead atoms. The van der Waals surface area contributed by atoms with Crippen molar-refractivity contribution in [1.82, 2.24) is 19.4 Å². The molecule has 0 spiro atoms. The number of nitrogens with two attached hydrogens (primary N) is 1. The van der Waals surface area contributed by atoms with Gasteiger partial charge in [0, 0.05) is 17.3 Å². The number of primary amides is 1. The molecule has 4 aromatic rings. The summed E-state index contributed by atoms with van der Waals surface area (Å²) >= 11 is 1.45. The molecule has 1 aliphatic rings. The second-order valence-corrected chi connectivity index (χ2v) is 8.71. The van der Waals surface area contributed by atoms with E-state index in [0.29, 0.717) is 15.7 Å². The van der Waals surface area contributed by atoms with Crippen LogP contribution in [0.15, 0.2) is 52.8 Å². The molecule has 1 atom stereocenters. The maximum absolute atomic E-state index is 13.0. The van der Waals surface area contributed by atoms with E-state index in [1.54, 1.807) is 35.1 Å². The third-order valence-electron chi connectivity index (χ3n) is 4.65. The third-order valence-corrected chi connectivity index (χ3v) is 7.24. The SMILES string of the molecule is NC(=O)C1(c2nc3ccc(S(=O)c4cnc5ncccn45)cc3s2)CC1. The summed E-state index contributed by atoms with van der Waals surface area (Å²) in [6.45, 7) is 0. The largest absolute Gasteiger partial charge is 0.369 e. The van der Waals surface area contributed by atoms with Gasteiger partial charge < -0.3 is 5.73 Å². The molecule has 0 radical (unpaired) electrons. The number of imidazole rings is 1. The molecule has 3 heterocycles. The van der Waals surface area contributed by atoms with Crippen molar-refractivity contribution in [3.8, 4) is 0 Å². The van der Waals surface area contributed by atoms with E-state index < -0.39 is 16.2 Å². The van der Waals surface area contributed by atoms with Crippen molar-refractivity contribution >= 4 is 44.0 Å². The fourth-order valence-corrected chi connectivity index (χ4v) is 5.44. The van der Waals surface area contributed by atoms with Gasteiger partial charge in [0.15, 0.2) is 0 Å². The Hall–Kier alpha value is -2.65. The van der Waals surface area contributed by atoms with Gasteiger partial charge in [-0.1, -0.05) is 0 Å². The Kier molecular flexibility index (Phi) is 3.25. The first kappa shape index (κ1) is 15.6. The molecule has 0 aliphatic heterocycles. The van der Waals surface area contributed by atoms with E-state index in [1.165, 1.54) is 11.3 Å². The summed E-state index contributed by atoms with van der Waals surface area (Å²) in [5, 5.41) is 1.31. The van der Waals surface area contributed by atoms with E-state index in [-0.39, 0.29) is 5.91 Å². The Morgan fingerprint density at radius 1 is 1.31 bits per heavy atom. The van der Waals surface area contributed by atoms with Crippen LogP contribution in [0.3, 0.4) is 0 Å². The van der Waals surface area contributed by atoms with Crippen molar-refractivity contribution in [2.24, 2.45) is 5.73 Å². The van der Waals surface area contributed by atoms with Crippen LogP contribution in [0.25, 0.3) is 16.0 Å². The molecular formula is C17H13N5O2S2. The molecule has 9 heteroatoms. The summed E-state index contributed by atoms with van der Waals surface area (Å²) in [4.78, 5) is 25.3. The van der Waals surface area contributed by atoms with Gasteiger partial charge in [-0.25, -0.2) is 19.2 Å². The summed E-state index contributed by atoms with van der Waals surface area (Å²) < 4.78 is 15.6. The van der Waals surface area contributed by atoms with Gasteiger partial charge in [0.1, 0.15) is 26.2 Å². The van der Waals surface area contributed by atoms with Gasteiger partial charge in [-0.3, -0.25) is 9.20 Å². The molecule has 5 rings (SSSR count). The number of hydrogen-bond donors (Lipinski definition) is 1. The summed E-state index contributed by atoms with van der Waals surface area (Å²) in [5.74, 6) is 0.188. The Morgan fingerprint density at radius 3 is 2.92 bits per heavy atom. The smallest absolute Gasteiger partial charge is 0.234 e. The van der Waals surface area contributed by atoms with Gasteiger partial charge in [0.2, 0.25) is 11.7 Å². The van der Waals surface area contributed by atoms with Gasteiger partial charge >= 0.3 is 0 Å². The number of rotatable bonds is 4. The maximum atomic E-state index is 13.0. The molecule has 2 N–H and O–H groups in total. The highest BCUT2D eigenvalue weighted by molar-refractivity contribution is 7.85. The van der Waals surface area contributed by atoms with E-state index >= 15 is 0 Å². The highest BCUT2D eigenvalue weighted by Crippen LogP contribution is 2.50. The van der Waals surface area contributed by atoms with Crippen LogP contribution in [0.4, 0.5) is 0 Å². The van der Waals surface area contributed by atoms with Crippen LogP contribution in [-0.4, -0.2) is 29.5 Å². The van der Waals surface area contributed by atoms with Crippen molar-refractivity contribution in [1.29, 1.82) is 0 Å². The van der Waals surface area contributed by atoms with Crippen LogP contribution in [-0.2, 0) is 21.0 Å². The number of thiazole rings is 1. The molecule has 1 fully saturated rings. The number of benzene rings is 1. The predicted molar refractivity (Wildman–Crippen MR) is 97.4 cm³/mol. The minimum absolute atomic E-state index is 0.321. The minimum Gasteiger partial charge on any atom is -0.369 e. The zero-order chi connectivity index (χ0) is 17.9. The average Bonchev–Trinajstić information content (AvgIpc) is 3.19. The highest BCUT2D eigenvalue weighted by Gasteiger charge is 2.52. The van der Waals surface area contributed by atoms with Crippen molar-refractivity contribution < 1.29 is 9.00 Å². The van der Waals surface area contributed by atoms with E-state index in [9.17, 15) is 9.00 Å². The van der Waals surface area contributed by atoms with Crippen LogP contribution in [0.1, 0.15) is 17.8 Å². The molecule has 0 saturated heterocycles. The number of amides is 1. The number of aromatic nitrogens is 4. The third kappa shape index (κ3) is 2.20. The monoisotopic (exact) mass is 383 g/mol. The average molecular weight is 383 g/mol. The zero-order valence-corrected chi connectivity index (χ0v) is 15.1. The predicted octanol–water partition coefficient (Wildman–Crippen LogP) is 2.02. The molecule has 7 nitrogen and oxygen atoms in total. The van der Waals surface area contributed by atoms with E-state index in [4.69, 9.17) is 5.73 Å². The van der Waals surface area contributed by atoms with Crippen LogP contribution >= 0.6 is 11.3 Å². The molecule has 3 aromatic heterocycles. The lowest BCUT2D eigenvalue weighted by Crippen LogP contribution is -2.28. The lowest BCUT2D eigenvalue weighted by molar-refractivity contribution is -0.120. The molecule has 1 unspecified atom stereocenters. The Balaban J connectivity index is 1.57. The van der Waals surface area contributed by atoms with Crippen molar-refractivity contribution in [3.05, 3.63) is 47.9 Å². The lowest BCUT2D eigenvalue weighted by Gasteiger charge is -2.04. The van der Waals surface area contributed by atoms with E-state index in [0.717, 1.165) is 28.1 Å². The lowest BCUT2D eigenvalue weighted by atomic mass is 10.1. The van der Waals surface area contributed by atoms with Gasteiger partial charge in [-0.2, -0.15) is 0 Å². The van der Waals surface area contributed by atoms with Crippen LogP contribution in [0.2, 0.25) is 0 Å². The molecule has 1 aromatic carbocycles. The van der Waals surface area contributed by atoms with Crippen LogP contribution < -0.4 is 5.73 Å². The van der Waals surface area contributed by atoms with Crippen LogP contribution in [0, 0.1) is 0 Å². The summed E-state index contributed by atoms with van der Waals surface area (Å²) in [7, 11) is -1.40. The minimum atomic E-state index is -1.40. The number of carbonyl (C=O) groups excluding carboxylic acids is 1. The molecule has 1 saturated carbocycles. The zero-order valence-electron chi connectivity index (χ0n) is 13.5. The molecule has 1 aliphatic carbocycles. The second kappa shape index (κ2) is 5.42. The van der Waals surface area contributed by atoms with Crippen LogP contribution in [0.5, 0.6) is 0 Å². The first-order chi connectivity index (χ1) is 12.6. The van der Waals surface area contributed by atoms with Crippen molar-refractivity contribution in [3.63, 3.8) is 0 Å². The summed E-state index contributed by atoms with van der Waals surface area (Å²) in [6.07, 6.45) is 6.50. The number of hydrogen-bond acceptors (Lipinski definition) is 6. The molecule has 26 heavy (non-hydrogen) atoms. The van der Waals surface area contributed by atoms with Crippen molar-refractivity contribution in [2.75, 3.05) is 0 Å². The normalized spacial score (nSPS) is 16.8. The van der Waals surface area contributed by atoms with Gasteiger partial charge in [0.25, 0.3) is 0 Å². The van der Waals surface area contributed by atoms with Gasteiger partial charge in [-0.15, -0.1) is 11.3 Å². The fourth-order valence-electron chi connectivity index (χ4n) is 2.98. The summed E-state index contributed by atoms with van der Waals surface area (Å²) in [6, 6.07) is 7.26. The number of carbonyl (C=O) groups is 1. The van der Waals surface area contributed by atoms with E-state index in [2.05, 4.69) is 15.0 Å². The van der Waals surface area contributed by atoms with E-state index in [1.807, 2.05) is 12.1 Å². The highest BCUT2D eigenvalue weighted by atomic mass is 32.2. The topological polar surface area (TPSA) is 103 Å². The first-order valence-corrected chi connectivity index (χ1v) is 9.96.